The monoisotopic (exact) mass is 442 g/mol. The maximum Gasteiger partial charge on any atom is 0.283 e. The molecule has 2 aliphatic heterocycles. The number of aromatic nitrogens is 2. The van der Waals surface area contributed by atoms with Gasteiger partial charge in [0.15, 0.2) is 5.84 Å². The molecule has 32 heavy (non-hydrogen) atoms. The smallest absolute Gasteiger partial charge is 0.283 e. The second-order valence-corrected chi connectivity index (χ2v) is 8.30. The number of rotatable bonds is 3. The maximum absolute atomic E-state index is 12.8. The van der Waals surface area contributed by atoms with Crippen LogP contribution in [0, 0.1) is 19.3 Å². The molecule has 2 N–H and O–H groups in total. The Balaban J connectivity index is 1.52. The fourth-order valence-electron chi connectivity index (χ4n) is 3.72. The number of aryl methyl sites for hydroxylation is 1. The van der Waals surface area contributed by atoms with Crippen molar-refractivity contribution in [3.8, 4) is 11.4 Å². The number of pyridine rings is 1. The molecule has 0 bridgehead atoms. The Hall–Kier alpha value is -3.98. The number of amides is 1. The van der Waals surface area contributed by atoms with Gasteiger partial charge in [-0.2, -0.15) is 15.1 Å². The summed E-state index contributed by atoms with van der Waals surface area (Å²) in [6, 6.07) is 12.6. The summed E-state index contributed by atoms with van der Waals surface area (Å²) in [6.45, 7) is 3.88. The van der Waals surface area contributed by atoms with Gasteiger partial charge < -0.3 is 9.67 Å². The van der Waals surface area contributed by atoms with Crippen molar-refractivity contribution in [2.45, 2.75) is 13.8 Å². The number of carbonyl (C=O) groups is 1. The summed E-state index contributed by atoms with van der Waals surface area (Å²) in [5.41, 5.74) is 4.40. The zero-order valence-electron chi connectivity index (χ0n) is 17.3. The summed E-state index contributed by atoms with van der Waals surface area (Å²) < 4.78 is 1.99. The third-order valence-electron chi connectivity index (χ3n) is 5.22. The predicted octanol–water partition coefficient (Wildman–Crippen LogP) is 3.86. The average molecular weight is 443 g/mol. The van der Waals surface area contributed by atoms with Crippen LogP contribution in [0.1, 0.15) is 22.5 Å². The zero-order chi connectivity index (χ0) is 22.4. The highest BCUT2D eigenvalue weighted by Gasteiger charge is 2.36. The normalized spacial score (nSPS) is 16.9. The molecule has 0 unspecified atom stereocenters. The molecule has 8 nitrogen and oxygen atoms in total. The Morgan fingerprint density at radius 1 is 1.16 bits per heavy atom. The number of hydrazone groups is 1. The summed E-state index contributed by atoms with van der Waals surface area (Å²) in [5, 5.41) is 25.3. The average Bonchev–Trinajstić information content (AvgIpc) is 3.32. The number of fused-ring (bicyclic) bond motifs is 1. The van der Waals surface area contributed by atoms with Crippen LogP contribution < -0.4 is 0 Å². The molecule has 0 saturated carbocycles. The zero-order valence-corrected chi connectivity index (χ0v) is 18.1. The van der Waals surface area contributed by atoms with Crippen LogP contribution in [0.5, 0.6) is 5.75 Å². The van der Waals surface area contributed by atoms with Crippen LogP contribution in [-0.2, 0) is 4.79 Å². The van der Waals surface area contributed by atoms with Crippen LogP contribution in [-0.4, -0.2) is 41.6 Å². The van der Waals surface area contributed by atoms with E-state index in [1.54, 1.807) is 36.7 Å². The molecule has 4 heterocycles. The van der Waals surface area contributed by atoms with Crippen molar-refractivity contribution in [3.05, 3.63) is 82.9 Å². The number of aliphatic imine (C=N–C) groups is 1. The number of hydrogen-bond donors (Lipinski definition) is 2. The largest absolute Gasteiger partial charge is 0.508 e. The first-order valence-corrected chi connectivity index (χ1v) is 10.6. The Morgan fingerprint density at radius 3 is 2.75 bits per heavy atom. The van der Waals surface area contributed by atoms with Crippen molar-refractivity contribution >= 4 is 39.8 Å². The van der Waals surface area contributed by atoms with E-state index in [1.165, 1.54) is 16.8 Å². The van der Waals surface area contributed by atoms with Crippen LogP contribution in [0.2, 0.25) is 0 Å². The standard InChI is InChI=1S/C23H18N6O2S/c1-13-9-16(14(2)28(13)17-6-3-7-18(30)11-17)10-19-20(24)29-23(26-21(19)31)32-22(27-29)15-5-4-8-25-12-15/h3-12,24,30H,1-2H3. The molecule has 1 aromatic carbocycles. The Labute approximate surface area is 188 Å². The fraction of sp³-hybridized carbons (Fsp3) is 0.0870. The van der Waals surface area contributed by atoms with Crippen molar-refractivity contribution in [1.29, 1.82) is 5.41 Å². The number of nitrogens with zero attached hydrogens (tertiary/aromatic N) is 5. The number of nitrogens with one attached hydrogen (secondary N) is 1. The Kier molecular flexibility index (Phi) is 4.75. The van der Waals surface area contributed by atoms with Gasteiger partial charge in [0.25, 0.3) is 5.91 Å². The summed E-state index contributed by atoms with van der Waals surface area (Å²) in [7, 11) is 0. The lowest BCUT2D eigenvalue weighted by atomic mass is 10.1. The number of thioether (sulfide) groups is 1. The van der Waals surface area contributed by atoms with E-state index >= 15 is 0 Å². The molecule has 0 atom stereocenters. The van der Waals surface area contributed by atoms with Crippen LogP contribution in [0.4, 0.5) is 0 Å². The second kappa shape index (κ2) is 7.61. The summed E-state index contributed by atoms with van der Waals surface area (Å²) in [6.07, 6.45) is 5.03. The third kappa shape index (κ3) is 3.32. The number of phenolic OH excluding ortho intramolecular Hbond substituents is 1. The lowest BCUT2D eigenvalue weighted by Crippen LogP contribution is -2.35. The lowest BCUT2D eigenvalue weighted by molar-refractivity contribution is -0.114. The quantitative estimate of drug-likeness (QED) is 0.599. The van der Waals surface area contributed by atoms with Crippen molar-refractivity contribution < 1.29 is 9.90 Å². The third-order valence-corrected chi connectivity index (χ3v) is 6.18. The van der Waals surface area contributed by atoms with Crippen LogP contribution in [0.3, 0.4) is 0 Å². The van der Waals surface area contributed by atoms with E-state index < -0.39 is 5.91 Å². The molecule has 0 aliphatic carbocycles. The molecule has 0 saturated heterocycles. The van der Waals surface area contributed by atoms with Gasteiger partial charge in [0.1, 0.15) is 10.8 Å². The van der Waals surface area contributed by atoms with Crippen molar-refractivity contribution in [3.63, 3.8) is 0 Å². The molecule has 3 aromatic rings. The molecular weight excluding hydrogens is 424 g/mol. The molecule has 0 spiro atoms. The van der Waals surface area contributed by atoms with Crippen LogP contribution in [0.25, 0.3) is 11.8 Å². The van der Waals surface area contributed by atoms with Gasteiger partial charge in [-0.05, 0) is 67.6 Å². The van der Waals surface area contributed by atoms with E-state index in [9.17, 15) is 9.90 Å². The van der Waals surface area contributed by atoms with Crippen LogP contribution in [0.15, 0.2) is 70.5 Å². The van der Waals surface area contributed by atoms with E-state index in [0.717, 1.165) is 28.2 Å². The topological polar surface area (TPSA) is 107 Å². The van der Waals surface area contributed by atoms with E-state index in [-0.39, 0.29) is 17.2 Å². The minimum atomic E-state index is -0.474. The number of amidine groups is 2. The minimum Gasteiger partial charge on any atom is -0.508 e. The Bertz CT molecular complexity index is 1370. The van der Waals surface area contributed by atoms with Gasteiger partial charge in [0.2, 0.25) is 5.17 Å². The number of aromatic hydroxyl groups is 1. The molecule has 0 radical (unpaired) electrons. The van der Waals surface area contributed by atoms with Crippen molar-refractivity contribution in [1.82, 2.24) is 14.6 Å². The van der Waals surface area contributed by atoms with E-state index in [4.69, 9.17) is 5.41 Å². The first kappa shape index (κ1) is 20.0. The van der Waals surface area contributed by atoms with E-state index in [1.807, 2.05) is 42.7 Å². The van der Waals surface area contributed by atoms with E-state index in [0.29, 0.717) is 10.2 Å². The highest BCUT2D eigenvalue weighted by Crippen LogP contribution is 2.31. The molecule has 1 amide bonds. The molecule has 158 valence electrons. The van der Waals surface area contributed by atoms with Crippen molar-refractivity contribution in [2.24, 2.45) is 10.1 Å². The summed E-state index contributed by atoms with van der Waals surface area (Å²) in [4.78, 5) is 21.0. The maximum atomic E-state index is 12.8. The van der Waals surface area contributed by atoms with E-state index in [2.05, 4.69) is 15.1 Å². The second-order valence-electron chi connectivity index (χ2n) is 7.35. The van der Waals surface area contributed by atoms with Gasteiger partial charge in [-0.3, -0.25) is 15.2 Å². The fourth-order valence-corrected chi connectivity index (χ4v) is 4.60. The van der Waals surface area contributed by atoms with Gasteiger partial charge in [-0.1, -0.05) is 6.07 Å². The minimum absolute atomic E-state index is 0.0199. The van der Waals surface area contributed by atoms with Gasteiger partial charge in [-0.25, -0.2) is 0 Å². The number of phenols is 1. The first-order chi connectivity index (χ1) is 15.4. The molecule has 5 rings (SSSR count). The predicted molar refractivity (Wildman–Crippen MR) is 125 cm³/mol. The molecule has 2 aliphatic rings. The van der Waals surface area contributed by atoms with Gasteiger partial charge in [0, 0.05) is 41.1 Å². The first-order valence-electron chi connectivity index (χ1n) is 9.81. The number of hydrogen-bond acceptors (Lipinski definition) is 6. The SMILES string of the molecule is Cc1cc(C=C2C(=N)N3N=C(c4cccnc4)SC3=NC2=O)c(C)n1-c1cccc(O)c1. The van der Waals surface area contributed by atoms with Gasteiger partial charge in [0.05, 0.1) is 5.57 Å². The number of benzene rings is 1. The highest BCUT2D eigenvalue weighted by molar-refractivity contribution is 8.27. The lowest BCUT2D eigenvalue weighted by Gasteiger charge is -2.20. The highest BCUT2D eigenvalue weighted by atomic mass is 32.2. The molecule has 2 aromatic heterocycles. The molecule has 0 fully saturated rings. The molecular formula is C23H18N6O2S. The van der Waals surface area contributed by atoms with Crippen LogP contribution >= 0.6 is 11.8 Å². The summed E-state index contributed by atoms with van der Waals surface area (Å²) >= 11 is 1.24. The van der Waals surface area contributed by atoms with Crippen molar-refractivity contribution in [2.75, 3.05) is 0 Å². The van der Waals surface area contributed by atoms with Gasteiger partial charge >= 0.3 is 0 Å². The summed E-state index contributed by atoms with van der Waals surface area (Å²) in [5.74, 6) is -0.318. The van der Waals surface area contributed by atoms with Gasteiger partial charge in [-0.15, -0.1) is 0 Å². The number of carbonyl (C=O) groups excluding carboxylic acids is 1. The molecule has 9 heteroatoms. The Morgan fingerprint density at radius 2 is 2.00 bits per heavy atom.